The van der Waals surface area contributed by atoms with Crippen LogP contribution in [0.3, 0.4) is 0 Å². The molecule has 0 saturated carbocycles. The van der Waals surface area contributed by atoms with E-state index in [0.717, 1.165) is 38.2 Å². The molecule has 3 rings (SSSR count). The highest BCUT2D eigenvalue weighted by molar-refractivity contribution is 5.89. The molecule has 132 valence electrons. The summed E-state index contributed by atoms with van der Waals surface area (Å²) in [6.07, 6.45) is 5.25. The van der Waals surface area contributed by atoms with Crippen LogP contribution in [0, 0.1) is 0 Å². The van der Waals surface area contributed by atoms with Crippen LogP contribution in [0.5, 0.6) is 0 Å². The molecule has 1 saturated heterocycles. The lowest BCUT2D eigenvalue weighted by molar-refractivity contribution is -0.135. The maximum absolute atomic E-state index is 12.9. The number of hydrogen-bond acceptors (Lipinski definition) is 4. The molecule has 1 amide bonds. The second kappa shape index (κ2) is 7.66. The minimum absolute atomic E-state index is 0.153. The van der Waals surface area contributed by atoms with E-state index >= 15 is 0 Å². The fraction of sp³-hybridized carbons (Fsp3) is 0.400. The van der Waals surface area contributed by atoms with E-state index in [0.29, 0.717) is 0 Å². The van der Waals surface area contributed by atoms with Crippen LogP contribution in [0.15, 0.2) is 54.9 Å². The Balaban J connectivity index is 1.71. The Labute approximate surface area is 149 Å². The van der Waals surface area contributed by atoms with Crippen molar-refractivity contribution in [1.29, 1.82) is 0 Å². The van der Waals surface area contributed by atoms with Crippen molar-refractivity contribution in [2.45, 2.75) is 24.9 Å². The van der Waals surface area contributed by atoms with Gasteiger partial charge in [-0.2, -0.15) is 0 Å². The van der Waals surface area contributed by atoms with E-state index in [9.17, 15) is 4.79 Å². The number of benzene rings is 1. The highest BCUT2D eigenvalue weighted by atomic mass is 16.2. The molecule has 5 heteroatoms. The molecule has 5 nitrogen and oxygen atoms in total. The van der Waals surface area contributed by atoms with E-state index in [1.54, 1.807) is 4.90 Å². The van der Waals surface area contributed by atoms with Gasteiger partial charge in [0.25, 0.3) is 0 Å². The van der Waals surface area contributed by atoms with E-state index in [-0.39, 0.29) is 5.91 Å². The van der Waals surface area contributed by atoms with Crippen LogP contribution in [-0.4, -0.2) is 53.4 Å². The fourth-order valence-electron chi connectivity index (χ4n) is 3.46. The lowest BCUT2D eigenvalue weighted by Crippen LogP contribution is -2.57. The molecule has 1 aromatic heterocycles. The van der Waals surface area contributed by atoms with Crippen LogP contribution in [0.2, 0.25) is 0 Å². The first-order valence-corrected chi connectivity index (χ1v) is 8.75. The third-order valence-corrected chi connectivity index (χ3v) is 4.84. The standard InChI is InChI=1S/C20H26N4O/c1-23(2)19(25)20(22-18-6-4-3-5-7-18)10-14-24(15-11-20)16-17-8-12-21-13-9-17/h3-9,12-13,22H,10-11,14-16H2,1-2H3. The highest BCUT2D eigenvalue weighted by Gasteiger charge is 2.42. The van der Waals surface area contributed by atoms with E-state index in [2.05, 4.69) is 27.3 Å². The SMILES string of the molecule is CN(C)C(=O)C1(Nc2ccccc2)CCN(Cc2ccncc2)CC1. The van der Waals surface area contributed by atoms with Gasteiger partial charge in [0, 0.05) is 51.8 Å². The molecular weight excluding hydrogens is 312 g/mol. The highest BCUT2D eigenvalue weighted by Crippen LogP contribution is 2.29. The zero-order chi connectivity index (χ0) is 17.7. The number of likely N-dealkylation sites (tertiary alicyclic amines) is 1. The molecule has 0 bridgehead atoms. The number of hydrogen-bond donors (Lipinski definition) is 1. The number of rotatable bonds is 5. The summed E-state index contributed by atoms with van der Waals surface area (Å²) < 4.78 is 0. The molecule has 1 N–H and O–H groups in total. The third kappa shape index (κ3) is 4.17. The van der Waals surface area contributed by atoms with Crippen LogP contribution in [-0.2, 0) is 11.3 Å². The molecule has 0 atom stereocenters. The predicted molar refractivity (Wildman–Crippen MR) is 100 cm³/mol. The lowest BCUT2D eigenvalue weighted by atomic mass is 9.85. The van der Waals surface area contributed by atoms with Crippen molar-refractivity contribution in [3.05, 3.63) is 60.4 Å². The summed E-state index contributed by atoms with van der Waals surface area (Å²) in [6, 6.07) is 14.1. The van der Waals surface area contributed by atoms with Gasteiger partial charge in [-0.3, -0.25) is 14.7 Å². The van der Waals surface area contributed by atoms with E-state index in [1.165, 1.54) is 5.56 Å². The van der Waals surface area contributed by atoms with E-state index in [1.807, 2.05) is 56.8 Å². The van der Waals surface area contributed by atoms with Gasteiger partial charge in [0.05, 0.1) is 0 Å². The Kier molecular flexibility index (Phi) is 5.34. The molecule has 2 aromatic rings. The number of carbonyl (C=O) groups is 1. The molecule has 0 aliphatic carbocycles. The van der Waals surface area contributed by atoms with E-state index in [4.69, 9.17) is 0 Å². The van der Waals surface area contributed by atoms with Gasteiger partial charge in [-0.15, -0.1) is 0 Å². The summed E-state index contributed by atoms with van der Waals surface area (Å²) in [5, 5.41) is 3.53. The summed E-state index contributed by atoms with van der Waals surface area (Å²) in [4.78, 5) is 21.1. The van der Waals surface area contributed by atoms with Gasteiger partial charge in [-0.05, 0) is 42.7 Å². The number of nitrogens with one attached hydrogen (secondary N) is 1. The smallest absolute Gasteiger partial charge is 0.247 e. The molecule has 1 aliphatic heterocycles. The van der Waals surface area contributed by atoms with Crippen LogP contribution >= 0.6 is 0 Å². The van der Waals surface area contributed by atoms with Crippen molar-refractivity contribution >= 4 is 11.6 Å². The van der Waals surface area contributed by atoms with Crippen LogP contribution in [0.4, 0.5) is 5.69 Å². The number of likely N-dealkylation sites (N-methyl/N-ethyl adjacent to an activating group) is 1. The molecule has 25 heavy (non-hydrogen) atoms. The summed E-state index contributed by atoms with van der Waals surface area (Å²) in [5.74, 6) is 0.153. The van der Waals surface area contributed by atoms with Crippen molar-refractivity contribution in [2.24, 2.45) is 0 Å². The second-order valence-corrected chi connectivity index (χ2v) is 6.90. The summed E-state index contributed by atoms with van der Waals surface area (Å²) in [5.41, 5.74) is 1.73. The van der Waals surface area contributed by atoms with Gasteiger partial charge < -0.3 is 10.2 Å². The lowest BCUT2D eigenvalue weighted by Gasteiger charge is -2.43. The minimum Gasteiger partial charge on any atom is -0.371 e. The van der Waals surface area contributed by atoms with Gasteiger partial charge in [0.1, 0.15) is 5.54 Å². The van der Waals surface area contributed by atoms with Gasteiger partial charge in [-0.1, -0.05) is 18.2 Å². The normalized spacial score (nSPS) is 17.0. The molecule has 2 heterocycles. The Morgan fingerprint density at radius 1 is 1.12 bits per heavy atom. The average Bonchev–Trinajstić information content (AvgIpc) is 2.64. The second-order valence-electron chi connectivity index (χ2n) is 6.90. The Morgan fingerprint density at radius 2 is 1.76 bits per heavy atom. The fourth-order valence-corrected chi connectivity index (χ4v) is 3.46. The molecular formula is C20H26N4O. The minimum atomic E-state index is -0.528. The molecule has 1 fully saturated rings. The zero-order valence-electron chi connectivity index (χ0n) is 15.0. The first-order chi connectivity index (χ1) is 12.1. The summed E-state index contributed by atoms with van der Waals surface area (Å²) >= 11 is 0. The molecule has 1 aliphatic rings. The zero-order valence-corrected chi connectivity index (χ0v) is 15.0. The predicted octanol–water partition coefficient (Wildman–Crippen LogP) is 2.62. The summed E-state index contributed by atoms with van der Waals surface area (Å²) in [7, 11) is 3.67. The Bertz CT molecular complexity index is 679. The molecule has 1 aromatic carbocycles. The molecule has 0 unspecified atom stereocenters. The third-order valence-electron chi connectivity index (χ3n) is 4.84. The average molecular weight is 338 g/mol. The van der Waals surface area contributed by atoms with E-state index < -0.39 is 5.54 Å². The number of nitrogens with zero attached hydrogens (tertiary/aromatic N) is 3. The number of amides is 1. The largest absolute Gasteiger partial charge is 0.371 e. The van der Waals surface area contributed by atoms with Crippen molar-refractivity contribution in [1.82, 2.24) is 14.8 Å². The monoisotopic (exact) mass is 338 g/mol. The number of piperidine rings is 1. The van der Waals surface area contributed by atoms with Crippen LogP contribution < -0.4 is 5.32 Å². The molecule has 0 spiro atoms. The molecule has 0 radical (unpaired) electrons. The van der Waals surface area contributed by atoms with Crippen molar-refractivity contribution in [3.63, 3.8) is 0 Å². The maximum atomic E-state index is 12.9. The number of carbonyl (C=O) groups excluding carboxylic acids is 1. The van der Waals surface area contributed by atoms with Crippen molar-refractivity contribution < 1.29 is 4.79 Å². The van der Waals surface area contributed by atoms with Gasteiger partial charge in [0.15, 0.2) is 0 Å². The van der Waals surface area contributed by atoms with Gasteiger partial charge >= 0.3 is 0 Å². The quantitative estimate of drug-likeness (QED) is 0.910. The Morgan fingerprint density at radius 3 is 2.36 bits per heavy atom. The summed E-state index contributed by atoms with van der Waals surface area (Å²) in [6.45, 7) is 2.68. The number of para-hydroxylation sites is 1. The Hall–Kier alpha value is -2.40. The van der Waals surface area contributed by atoms with Crippen molar-refractivity contribution in [3.8, 4) is 0 Å². The van der Waals surface area contributed by atoms with Crippen LogP contribution in [0.25, 0.3) is 0 Å². The topological polar surface area (TPSA) is 48.5 Å². The number of anilines is 1. The van der Waals surface area contributed by atoms with Gasteiger partial charge in [0.2, 0.25) is 5.91 Å². The van der Waals surface area contributed by atoms with Crippen LogP contribution in [0.1, 0.15) is 18.4 Å². The first kappa shape index (κ1) is 17.4. The number of pyridine rings is 1. The first-order valence-electron chi connectivity index (χ1n) is 8.75. The number of aromatic nitrogens is 1. The maximum Gasteiger partial charge on any atom is 0.247 e. The van der Waals surface area contributed by atoms with Gasteiger partial charge in [-0.25, -0.2) is 0 Å². The van der Waals surface area contributed by atoms with Crippen molar-refractivity contribution in [2.75, 3.05) is 32.5 Å².